The van der Waals surface area contributed by atoms with E-state index in [0.717, 1.165) is 6.26 Å². The Kier molecular flexibility index (Phi) is 5.97. The van der Waals surface area contributed by atoms with Gasteiger partial charge in [-0.15, -0.1) is 0 Å². The maximum Gasteiger partial charge on any atom is 0.243 e. The number of sulfonamides is 2. The normalized spacial score (nSPS) is 17.8. The van der Waals surface area contributed by atoms with E-state index in [1.165, 1.54) is 22.5 Å². The number of hydrogen-bond donors (Lipinski definition) is 2. The molecule has 156 valence electrons. The molecule has 0 spiro atoms. The number of carbonyl (C=O) groups excluding carboxylic acids is 1. The molecule has 10 heteroatoms. The second kappa shape index (κ2) is 8.13. The van der Waals surface area contributed by atoms with Gasteiger partial charge >= 0.3 is 0 Å². The summed E-state index contributed by atoms with van der Waals surface area (Å²) >= 11 is 0. The molecule has 1 saturated heterocycles. The molecule has 2 aromatic carbocycles. The molecule has 1 fully saturated rings. The zero-order valence-corrected chi connectivity index (χ0v) is 17.8. The van der Waals surface area contributed by atoms with Crippen LogP contribution in [0.3, 0.4) is 0 Å². The first-order valence-electron chi connectivity index (χ1n) is 9.04. The number of nitrogens with zero attached hydrogens (tertiary/aromatic N) is 1. The van der Waals surface area contributed by atoms with Crippen molar-refractivity contribution >= 4 is 37.3 Å². The molecule has 0 aromatic heterocycles. The fourth-order valence-corrected chi connectivity index (χ4v) is 5.55. The second-order valence-electron chi connectivity index (χ2n) is 6.98. The molecule has 1 aliphatic heterocycles. The Hall–Kier alpha value is -2.43. The first-order chi connectivity index (χ1) is 13.6. The summed E-state index contributed by atoms with van der Waals surface area (Å²) in [5.41, 5.74) is 1.43. The number of nitrogens with one attached hydrogen (secondary N) is 2. The van der Waals surface area contributed by atoms with Crippen molar-refractivity contribution in [2.24, 2.45) is 0 Å². The molecule has 2 aromatic rings. The Labute approximate surface area is 171 Å². The highest BCUT2D eigenvalue weighted by Gasteiger charge is 2.39. The summed E-state index contributed by atoms with van der Waals surface area (Å²) in [5, 5.41) is 2.71. The minimum absolute atomic E-state index is 0.148. The van der Waals surface area contributed by atoms with E-state index < -0.39 is 32.0 Å². The highest BCUT2D eigenvalue weighted by Crippen LogP contribution is 2.28. The van der Waals surface area contributed by atoms with Crippen molar-refractivity contribution < 1.29 is 21.6 Å². The van der Waals surface area contributed by atoms with E-state index >= 15 is 0 Å². The number of rotatable bonds is 6. The van der Waals surface area contributed by atoms with Crippen molar-refractivity contribution in [3.05, 3.63) is 54.1 Å². The lowest BCUT2D eigenvalue weighted by molar-refractivity contribution is -0.119. The summed E-state index contributed by atoms with van der Waals surface area (Å²) in [6, 6.07) is 12.0. The van der Waals surface area contributed by atoms with Gasteiger partial charge in [-0.05, 0) is 49.6 Å². The third-order valence-electron chi connectivity index (χ3n) is 4.66. The molecule has 1 unspecified atom stereocenters. The van der Waals surface area contributed by atoms with Crippen LogP contribution in [0.5, 0.6) is 0 Å². The van der Waals surface area contributed by atoms with E-state index in [1.54, 1.807) is 37.3 Å². The molecule has 0 bridgehead atoms. The first kappa shape index (κ1) is 21.3. The molecule has 1 atom stereocenters. The van der Waals surface area contributed by atoms with Gasteiger partial charge in [-0.3, -0.25) is 9.52 Å². The van der Waals surface area contributed by atoms with Crippen molar-refractivity contribution in [3.8, 4) is 0 Å². The first-order valence-corrected chi connectivity index (χ1v) is 12.4. The van der Waals surface area contributed by atoms with Crippen LogP contribution in [0.4, 0.5) is 11.4 Å². The summed E-state index contributed by atoms with van der Waals surface area (Å²) in [5.74, 6) is -0.448. The van der Waals surface area contributed by atoms with Gasteiger partial charge in [0.2, 0.25) is 26.0 Å². The van der Waals surface area contributed by atoms with Gasteiger partial charge in [0.05, 0.1) is 16.8 Å². The second-order valence-corrected chi connectivity index (χ2v) is 10.6. The molecular formula is C19H23N3O5S2. The topological polar surface area (TPSA) is 113 Å². The lowest BCUT2D eigenvalue weighted by Crippen LogP contribution is -2.43. The monoisotopic (exact) mass is 437 g/mol. The number of hydrogen-bond acceptors (Lipinski definition) is 5. The van der Waals surface area contributed by atoms with E-state index in [2.05, 4.69) is 10.0 Å². The van der Waals surface area contributed by atoms with Gasteiger partial charge in [-0.2, -0.15) is 4.31 Å². The van der Waals surface area contributed by atoms with Gasteiger partial charge in [0.1, 0.15) is 6.04 Å². The third-order valence-corrected chi connectivity index (χ3v) is 7.17. The summed E-state index contributed by atoms with van der Waals surface area (Å²) in [6.45, 7) is 2.01. The largest absolute Gasteiger partial charge is 0.325 e. The van der Waals surface area contributed by atoms with E-state index in [9.17, 15) is 21.6 Å². The van der Waals surface area contributed by atoms with E-state index in [1.807, 2.05) is 0 Å². The van der Waals surface area contributed by atoms with Crippen LogP contribution in [0.25, 0.3) is 0 Å². The zero-order chi connectivity index (χ0) is 21.2. The lowest BCUT2D eigenvalue weighted by Gasteiger charge is -2.23. The zero-order valence-electron chi connectivity index (χ0n) is 16.1. The quantitative estimate of drug-likeness (QED) is 0.719. The highest BCUT2D eigenvalue weighted by molar-refractivity contribution is 7.92. The highest BCUT2D eigenvalue weighted by atomic mass is 32.2. The molecule has 8 nitrogen and oxygen atoms in total. The van der Waals surface area contributed by atoms with Crippen LogP contribution >= 0.6 is 0 Å². The van der Waals surface area contributed by atoms with Crippen LogP contribution in [0, 0.1) is 6.92 Å². The van der Waals surface area contributed by atoms with Crippen molar-refractivity contribution in [1.29, 1.82) is 0 Å². The van der Waals surface area contributed by atoms with Gasteiger partial charge in [0.25, 0.3) is 0 Å². The average Bonchev–Trinajstić information content (AvgIpc) is 3.15. The molecule has 3 rings (SSSR count). The van der Waals surface area contributed by atoms with E-state index in [4.69, 9.17) is 0 Å². The van der Waals surface area contributed by atoms with Gasteiger partial charge in [-0.25, -0.2) is 16.8 Å². The summed E-state index contributed by atoms with van der Waals surface area (Å²) < 4.78 is 52.5. The van der Waals surface area contributed by atoms with Crippen molar-refractivity contribution in [2.75, 3.05) is 22.8 Å². The van der Waals surface area contributed by atoms with E-state index in [0.29, 0.717) is 29.8 Å². The third kappa shape index (κ3) is 4.95. The van der Waals surface area contributed by atoms with Crippen LogP contribution in [0.2, 0.25) is 0 Å². The predicted octanol–water partition coefficient (Wildman–Crippen LogP) is 2.16. The van der Waals surface area contributed by atoms with Gasteiger partial charge in [0.15, 0.2) is 0 Å². The fraction of sp³-hybridized carbons (Fsp3) is 0.316. The van der Waals surface area contributed by atoms with E-state index in [-0.39, 0.29) is 11.4 Å². The minimum atomic E-state index is -3.78. The summed E-state index contributed by atoms with van der Waals surface area (Å²) in [6.07, 6.45) is 2.04. The van der Waals surface area contributed by atoms with Crippen molar-refractivity contribution in [1.82, 2.24) is 4.31 Å². The number of aryl methyl sites for hydroxylation is 1. The van der Waals surface area contributed by atoms with Crippen LogP contribution in [0.15, 0.2) is 53.4 Å². The van der Waals surface area contributed by atoms with Crippen LogP contribution in [-0.4, -0.2) is 45.9 Å². The number of amides is 1. The van der Waals surface area contributed by atoms with Crippen molar-refractivity contribution in [2.45, 2.75) is 30.7 Å². The Morgan fingerprint density at radius 1 is 1.07 bits per heavy atom. The van der Waals surface area contributed by atoms with Gasteiger partial charge in [0, 0.05) is 12.2 Å². The molecule has 0 radical (unpaired) electrons. The number of anilines is 2. The maximum atomic E-state index is 12.9. The fourth-order valence-electron chi connectivity index (χ4n) is 3.25. The molecule has 1 amide bonds. The Morgan fingerprint density at radius 2 is 1.76 bits per heavy atom. The van der Waals surface area contributed by atoms with Crippen molar-refractivity contribution in [3.63, 3.8) is 0 Å². The summed E-state index contributed by atoms with van der Waals surface area (Å²) in [4.78, 5) is 13.0. The molecule has 0 saturated carbocycles. The Morgan fingerprint density at radius 3 is 2.41 bits per heavy atom. The average molecular weight is 438 g/mol. The Balaban J connectivity index is 1.81. The van der Waals surface area contributed by atoms with Crippen LogP contribution in [-0.2, 0) is 24.8 Å². The smallest absolute Gasteiger partial charge is 0.243 e. The standard InChI is InChI=1S/C19H23N3O5S2/c1-14-10-11-15(13-17(14)21-28(2,24)25)20-19(23)18-9-6-12-22(18)29(26,27)16-7-4-3-5-8-16/h3-5,7-8,10-11,13,18,21H,6,9,12H2,1-2H3,(H,20,23). The molecule has 1 heterocycles. The van der Waals surface area contributed by atoms with Crippen LogP contribution in [0.1, 0.15) is 18.4 Å². The molecule has 0 aliphatic carbocycles. The maximum absolute atomic E-state index is 12.9. The molecule has 1 aliphatic rings. The number of benzene rings is 2. The van der Waals surface area contributed by atoms with Gasteiger partial charge < -0.3 is 5.32 Å². The minimum Gasteiger partial charge on any atom is -0.325 e. The molecule has 29 heavy (non-hydrogen) atoms. The predicted molar refractivity (Wildman–Crippen MR) is 112 cm³/mol. The van der Waals surface area contributed by atoms with Crippen LogP contribution < -0.4 is 10.0 Å². The van der Waals surface area contributed by atoms with Gasteiger partial charge in [-0.1, -0.05) is 24.3 Å². The summed E-state index contributed by atoms with van der Waals surface area (Å²) in [7, 11) is -7.25. The lowest BCUT2D eigenvalue weighted by atomic mass is 10.1. The molecular weight excluding hydrogens is 414 g/mol. The molecule has 2 N–H and O–H groups in total. The SMILES string of the molecule is Cc1ccc(NC(=O)C2CCCN2S(=O)(=O)c2ccccc2)cc1NS(C)(=O)=O. The Bertz CT molecular complexity index is 1120. The number of carbonyl (C=O) groups is 1.